The van der Waals surface area contributed by atoms with Crippen LogP contribution in [0.3, 0.4) is 0 Å². The second-order valence-electron chi connectivity index (χ2n) is 11.8. The second kappa shape index (κ2) is 10.9. The molecule has 7 rings (SSSR count). The van der Waals surface area contributed by atoms with Gasteiger partial charge in [-0.15, -0.1) is 0 Å². The minimum absolute atomic E-state index is 0.00380. The Bertz CT molecular complexity index is 1800. The van der Waals surface area contributed by atoms with E-state index in [0.29, 0.717) is 37.4 Å². The minimum atomic E-state index is -0.492. The number of phenolic OH excluding ortho intramolecular Hbond substituents is 2. The number of ether oxygens (including phenoxy) is 2. The molecule has 224 valence electrons. The molecular weight excluding hydrogens is 556 g/mol. The van der Waals surface area contributed by atoms with Crippen molar-refractivity contribution in [3.8, 4) is 34.1 Å². The molecule has 1 saturated heterocycles. The Morgan fingerprint density at radius 2 is 1.64 bits per heavy atom. The summed E-state index contributed by atoms with van der Waals surface area (Å²) in [6.45, 7) is 0.783. The molecule has 4 aromatic carbocycles. The van der Waals surface area contributed by atoms with Crippen molar-refractivity contribution in [2.24, 2.45) is 5.92 Å². The predicted octanol–water partition coefficient (Wildman–Crippen LogP) is 5.41. The highest BCUT2D eigenvalue weighted by Gasteiger charge is 2.41. The van der Waals surface area contributed by atoms with E-state index in [0.717, 1.165) is 28.8 Å². The number of hydrogen-bond donors (Lipinski definition) is 2. The standard InChI is InChI=1S/C36H34N2O6/c1-43-33-10-7-21(14-31(33)39)13-30-29-19-32(40)34(44-2)17-23(29)11-12-37(30)36(42)25-18-35(41)38(20-25)26-8-9-28-24(16-26)15-22-5-3-4-6-27(22)28/h3-10,14,16-17,19,25,30,39-40H,11-13,15,18,20H2,1-2H3. The molecule has 2 aliphatic heterocycles. The number of carbonyl (C=O) groups is 2. The Morgan fingerprint density at radius 3 is 2.43 bits per heavy atom. The van der Waals surface area contributed by atoms with E-state index in [-0.39, 0.29) is 29.7 Å². The first-order chi connectivity index (χ1) is 21.3. The van der Waals surface area contributed by atoms with Gasteiger partial charge in [0.15, 0.2) is 23.0 Å². The summed E-state index contributed by atoms with van der Waals surface area (Å²) in [4.78, 5) is 31.2. The molecule has 2 heterocycles. The van der Waals surface area contributed by atoms with Gasteiger partial charge in [-0.2, -0.15) is 0 Å². The topological polar surface area (TPSA) is 99.5 Å². The molecule has 1 fully saturated rings. The van der Waals surface area contributed by atoms with Gasteiger partial charge in [0.1, 0.15) is 0 Å². The molecule has 8 nitrogen and oxygen atoms in total. The third-order valence-electron chi connectivity index (χ3n) is 9.32. The van der Waals surface area contributed by atoms with Gasteiger partial charge < -0.3 is 29.5 Å². The molecule has 0 bridgehead atoms. The molecule has 0 aromatic heterocycles. The zero-order chi connectivity index (χ0) is 30.5. The summed E-state index contributed by atoms with van der Waals surface area (Å²) in [5, 5.41) is 21.1. The smallest absolute Gasteiger partial charge is 0.228 e. The fourth-order valence-electron chi connectivity index (χ4n) is 7.11. The van der Waals surface area contributed by atoms with Crippen LogP contribution in [0.25, 0.3) is 11.1 Å². The first-order valence-corrected chi connectivity index (χ1v) is 14.9. The van der Waals surface area contributed by atoms with Gasteiger partial charge in [0.25, 0.3) is 0 Å². The molecule has 0 saturated carbocycles. The van der Waals surface area contributed by atoms with Crippen molar-refractivity contribution in [3.05, 3.63) is 101 Å². The maximum Gasteiger partial charge on any atom is 0.228 e. The van der Waals surface area contributed by atoms with Gasteiger partial charge in [-0.1, -0.05) is 36.4 Å². The highest BCUT2D eigenvalue weighted by Crippen LogP contribution is 2.42. The molecule has 2 amide bonds. The summed E-state index contributed by atoms with van der Waals surface area (Å²) in [6, 6.07) is 22.8. The van der Waals surface area contributed by atoms with Crippen LogP contribution in [-0.2, 0) is 28.9 Å². The van der Waals surface area contributed by atoms with Gasteiger partial charge >= 0.3 is 0 Å². The predicted molar refractivity (Wildman–Crippen MR) is 166 cm³/mol. The molecule has 3 aliphatic rings. The van der Waals surface area contributed by atoms with E-state index < -0.39 is 12.0 Å². The molecular formula is C36H34N2O6. The normalized spacial score (nSPS) is 18.5. The highest BCUT2D eigenvalue weighted by atomic mass is 16.5. The lowest BCUT2D eigenvalue weighted by Crippen LogP contribution is -2.44. The number of methoxy groups -OCH3 is 2. The molecule has 0 spiro atoms. The summed E-state index contributed by atoms with van der Waals surface area (Å²) in [5.41, 5.74) is 8.37. The van der Waals surface area contributed by atoms with Crippen molar-refractivity contribution in [2.45, 2.75) is 31.7 Å². The molecule has 0 radical (unpaired) electrons. The van der Waals surface area contributed by atoms with Crippen molar-refractivity contribution in [1.29, 1.82) is 0 Å². The van der Waals surface area contributed by atoms with Crippen LogP contribution in [0, 0.1) is 5.92 Å². The Hall–Kier alpha value is -4.98. The number of phenols is 2. The van der Waals surface area contributed by atoms with E-state index in [1.54, 1.807) is 23.1 Å². The van der Waals surface area contributed by atoms with Crippen LogP contribution < -0.4 is 14.4 Å². The van der Waals surface area contributed by atoms with Crippen LogP contribution in [0.4, 0.5) is 5.69 Å². The molecule has 2 atom stereocenters. The summed E-state index contributed by atoms with van der Waals surface area (Å²) in [7, 11) is 3.01. The monoisotopic (exact) mass is 590 g/mol. The average molecular weight is 591 g/mol. The van der Waals surface area contributed by atoms with Crippen LogP contribution >= 0.6 is 0 Å². The highest BCUT2D eigenvalue weighted by molar-refractivity contribution is 6.01. The second-order valence-corrected chi connectivity index (χ2v) is 11.8. The van der Waals surface area contributed by atoms with Gasteiger partial charge in [-0.3, -0.25) is 9.59 Å². The third kappa shape index (κ3) is 4.71. The fourth-order valence-corrected chi connectivity index (χ4v) is 7.11. The van der Waals surface area contributed by atoms with Gasteiger partial charge in [0.2, 0.25) is 11.8 Å². The number of amides is 2. The first kappa shape index (κ1) is 27.8. The quantitative estimate of drug-likeness (QED) is 0.275. The third-order valence-corrected chi connectivity index (χ3v) is 9.32. The van der Waals surface area contributed by atoms with E-state index in [2.05, 4.69) is 24.3 Å². The van der Waals surface area contributed by atoms with E-state index in [9.17, 15) is 19.8 Å². The van der Waals surface area contributed by atoms with E-state index in [1.807, 2.05) is 35.2 Å². The van der Waals surface area contributed by atoms with Crippen LogP contribution in [0.1, 0.15) is 40.3 Å². The number of nitrogens with zero attached hydrogens (tertiary/aromatic N) is 2. The zero-order valence-corrected chi connectivity index (χ0v) is 24.7. The number of rotatable bonds is 6. The number of carbonyl (C=O) groups excluding carboxylic acids is 2. The Kier molecular flexibility index (Phi) is 6.92. The van der Waals surface area contributed by atoms with Gasteiger partial charge in [-0.05, 0) is 94.6 Å². The van der Waals surface area contributed by atoms with Crippen LogP contribution in [0.2, 0.25) is 0 Å². The lowest BCUT2D eigenvalue weighted by molar-refractivity contribution is -0.138. The number of fused-ring (bicyclic) bond motifs is 4. The van der Waals surface area contributed by atoms with Crippen LogP contribution in [0.5, 0.6) is 23.0 Å². The van der Waals surface area contributed by atoms with E-state index >= 15 is 0 Å². The van der Waals surface area contributed by atoms with Crippen molar-refractivity contribution in [3.63, 3.8) is 0 Å². The minimum Gasteiger partial charge on any atom is -0.504 e. The number of aromatic hydroxyl groups is 2. The van der Waals surface area contributed by atoms with Crippen molar-refractivity contribution < 1.29 is 29.3 Å². The lowest BCUT2D eigenvalue weighted by atomic mass is 9.87. The Morgan fingerprint density at radius 1 is 0.864 bits per heavy atom. The summed E-state index contributed by atoms with van der Waals surface area (Å²) < 4.78 is 10.6. The zero-order valence-electron chi connectivity index (χ0n) is 24.7. The van der Waals surface area contributed by atoms with Crippen molar-refractivity contribution in [1.82, 2.24) is 4.90 Å². The largest absolute Gasteiger partial charge is 0.504 e. The number of hydrogen-bond acceptors (Lipinski definition) is 6. The van der Waals surface area contributed by atoms with Gasteiger partial charge in [-0.25, -0.2) is 0 Å². The maximum atomic E-state index is 14.2. The summed E-state index contributed by atoms with van der Waals surface area (Å²) in [6.07, 6.45) is 1.98. The van der Waals surface area contributed by atoms with Gasteiger partial charge in [0.05, 0.1) is 26.2 Å². The van der Waals surface area contributed by atoms with Gasteiger partial charge in [0, 0.05) is 25.2 Å². The number of anilines is 1. The number of benzene rings is 4. The van der Waals surface area contributed by atoms with E-state index in [4.69, 9.17) is 9.47 Å². The maximum absolute atomic E-state index is 14.2. The molecule has 2 N–H and O–H groups in total. The molecule has 1 aliphatic carbocycles. The fraction of sp³-hybridized carbons (Fsp3) is 0.278. The molecule has 44 heavy (non-hydrogen) atoms. The SMILES string of the molecule is COc1ccc(CC2c3cc(O)c(OC)cc3CCN2C(=O)C2CC(=O)N(c3ccc4c(c3)Cc3ccccc3-4)C2)cc1O. The van der Waals surface area contributed by atoms with E-state index in [1.165, 1.54) is 36.5 Å². The summed E-state index contributed by atoms with van der Waals surface area (Å²) >= 11 is 0. The van der Waals surface area contributed by atoms with Crippen molar-refractivity contribution >= 4 is 17.5 Å². The van der Waals surface area contributed by atoms with Crippen LogP contribution in [-0.4, -0.2) is 54.2 Å². The molecule has 2 unspecified atom stereocenters. The molecule has 8 heteroatoms. The molecule has 4 aromatic rings. The van der Waals surface area contributed by atoms with Crippen molar-refractivity contribution in [2.75, 3.05) is 32.2 Å². The average Bonchev–Trinajstić information content (AvgIpc) is 3.60. The van der Waals surface area contributed by atoms with Crippen LogP contribution in [0.15, 0.2) is 72.8 Å². The Labute approximate surface area is 256 Å². The Balaban J connectivity index is 1.16. The lowest BCUT2D eigenvalue weighted by Gasteiger charge is -2.39. The first-order valence-electron chi connectivity index (χ1n) is 14.9. The summed E-state index contributed by atoms with van der Waals surface area (Å²) in [5.74, 6) is 0.142.